The Hall–Kier alpha value is -2.61. The summed E-state index contributed by atoms with van der Waals surface area (Å²) in [5, 5.41) is 5.88. The molecular weight excluding hydrogens is 457 g/mol. The molecule has 0 atom stereocenters. The number of amides is 2. The van der Waals surface area contributed by atoms with Gasteiger partial charge < -0.3 is 9.64 Å². The average molecular weight is 476 g/mol. The highest BCUT2D eigenvalue weighted by Gasteiger charge is 2.42. The Bertz CT molecular complexity index is 1190. The maximum Gasteiger partial charge on any atom is 0.264 e. The van der Waals surface area contributed by atoms with Crippen LogP contribution in [-0.4, -0.2) is 30.5 Å². The number of hydrogen-bond donors (Lipinski definition) is 1. The summed E-state index contributed by atoms with van der Waals surface area (Å²) in [5.41, 5.74) is 2.88. The van der Waals surface area contributed by atoms with Crippen LogP contribution in [-0.2, 0) is 15.0 Å². The van der Waals surface area contributed by atoms with E-state index in [9.17, 15) is 9.59 Å². The van der Waals surface area contributed by atoms with E-state index in [0.29, 0.717) is 20.9 Å². The number of likely N-dealkylation sites (N-methyl/N-ethyl adjacent to an activating group) is 1. The number of ether oxygens (including phenoxy) is 1. The number of halogens is 2. The predicted molar refractivity (Wildman–Crippen MR) is 125 cm³/mol. The molecule has 1 aromatic heterocycles. The van der Waals surface area contributed by atoms with Crippen LogP contribution >= 0.6 is 34.5 Å². The van der Waals surface area contributed by atoms with Crippen molar-refractivity contribution in [2.45, 2.75) is 19.3 Å². The molecule has 2 amide bonds. The molecule has 31 heavy (non-hydrogen) atoms. The summed E-state index contributed by atoms with van der Waals surface area (Å²) in [6.07, 6.45) is 0. The molecule has 2 heterocycles. The second-order valence-electron chi connectivity index (χ2n) is 7.67. The van der Waals surface area contributed by atoms with Crippen LogP contribution in [0.1, 0.15) is 19.4 Å². The van der Waals surface area contributed by atoms with Crippen LogP contribution in [0.3, 0.4) is 0 Å². The lowest BCUT2D eigenvalue weighted by Gasteiger charge is -2.16. The molecule has 0 spiro atoms. The normalized spacial score (nSPS) is 14.5. The van der Waals surface area contributed by atoms with Gasteiger partial charge in [-0.3, -0.25) is 14.9 Å². The third-order valence-electron chi connectivity index (χ3n) is 5.17. The van der Waals surface area contributed by atoms with Gasteiger partial charge in [0.15, 0.2) is 11.7 Å². The van der Waals surface area contributed by atoms with Gasteiger partial charge >= 0.3 is 0 Å². The van der Waals surface area contributed by atoms with Crippen molar-refractivity contribution in [2.24, 2.45) is 0 Å². The number of rotatable bonds is 5. The Labute approximate surface area is 193 Å². The van der Waals surface area contributed by atoms with E-state index >= 15 is 0 Å². The number of aromatic nitrogens is 1. The number of nitrogens with zero attached hydrogens (tertiary/aromatic N) is 2. The van der Waals surface area contributed by atoms with E-state index in [-0.39, 0.29) is 18.4 Å². The zero-order valence-electron chi connectivity index (χ0n) is 17.0. The monoisotopic (exact) mass is 475 g/mol. The Morgan fingerprint density at radius 2 is 2.00 bits per heavy atom. The second-order valence-corrected chi connectivity index (χ2v) is 9.37. The van der Waals surface area contributed by atoms with Crippen LogP contribution in [0.15, 0.2) is 41.8 Å². The molecule has 0 unspecified atom stereocenters. The zero-order valence-corrected chi connectivity index (χ0v) is 19.4. The second kappa shape index (κ2) is 8.15. The van der Waals surface area contributed by atoms with Crippen molar-refractivity contribution in [1.82, 2.24) is 4.98 Å². The molecule has 1 aliphatic heterocycles. The summed E-state index contributed by atoms with van der Waals surface area (Å²) in [4.78, 5) is 30.9. The highest BCUT2D eigenvalue weighted by atomic mass is 35.5. The first-order chi connectivity index (χ1) is 14.7. The Balaban J connectivity index is 1.46. The van der Waals surface area contributed by atoms with Crippen molar-refractivity contribution in [3.05, 3.63) is 57.4 Å². The van der Waals surface area contributed by atoms with Crippen LogP contribution in [0.4, 0.5) is 10.8 Å². The molecule has 6 nitrogen and oxygen atoms in total. The van der Waals surface area contributed by atoms with Gasteiger partial charge in [-0.2, -0.15) is 0 Å². The third kappa shape index (κ3) is 4.13. The number of nitrogens with one attached hydrogen (secondary N) is 1. The average Bonchev–Trinajstić information content (AvgIpc) is 3.26. The summed E-state index contributed by atoms with van der Waals surface area (Å²) in [6.45, 7) is 3.61. The molecule has 0 saturated heterocycles. The fourth-order valence-electron chi connectivity index (χ4n) is 3.48. The van der Waals surface area contributed by atoms with Gasteiger partial charge in [0.1, 0.15) is 5.75 Å². The van der Waals surface area contributed by atoms with Crippen LogP contribution in [0.5, 0.6) is 5.75 Å². The first-order valence-corrected chi connectivity index (χ1v) is 11.1. The van der Waals surface area contributed by atoms with E-state index in [2.05, 4.69) is 10.3 Å². The van der Waals surface area contributed by atoms with Crippen LogP contribution in [0, 0.1) is 0 Å². The summed E-state index contributed by atoms with van der Waals surface area (Å²) in [7, 11) is 1.78. The molecule has 2 aromatic carbocycles. The van der Waals surface area contributed by atoms with Gasteiger partial charge in [0.2, 0.25) is 5.91 Å². The number of thiazole rings is 1. The Morgan fingerprint density at radius 1 is 1.23 bits per heavy atom. The molecule has 0 saturated carbocycles. The molecule has 0 aliphatic carbocycles. The van der Waals surface area contributed by atoms with Crippen LogP contribution < -0.4 is 15.0 Å². The number of benzene rings is 2. The Morgan fingerprint density at radius 3 is 2.77 bits per heavy atom. The maximum atomic E-state index is 12.5. The largest absolute Gasteiger partial charge is 0.482 e. The topological polar surface area (TPSA) is 71.5 Å². The van der Waals surface area contributed by atoms with Crippen molar-refractivity contribution in [3.63, 3.8) is 0 Å². The van der Waals surface area contributed by atoms with Crippen LogP contribution in [0.25, 0.3) is 11.3 Å². The van der Waals surface area contributed by atoms with E-state index < -0.39 is 5.41 Å². The lowest BCUT2D eigenvalue weighted by atomic mass is 9.85. The minimum atomic E-state index is -0.591. The molecular formula is C22H19Cl2N3O3S. The van der Waals surface area contributed by atoms with Gasteiger partial charge in [-0.25, -0.2) is 4.98 Å². The molecule has 9 heteroatoms. The first kappa shape index (κ1) is 21.6. The molecule has 3 aromatic rings. The van der Waals surface area contributed by atoms with E-state index in [1.165, 1.54) is 11.3 Å². The number of hydrogen-bond acceptors (Lipinski definition) is 5. The van der Waals surface area contributed by atoms with Gasteiger partial charge in [0.25, 0.3) is 5.91 Å². The fourth-order valence-corrected chi connectivity index (χ4v) is 4.55. The van der Waals surface area contributed by atoms with E-state index in [1.54, 1.807) is 30.1 Å². The molecule has 0 radical (unpaired) electrons. The van der Waals surface area contributed by atoms with Crippen molar-refractivity contribution in [3.8, 4) is 17.0 Å². The number of carbonyl (C=O) groups excluding carboxylic acids is 2. The van der Waals surface area contributed by atoms with Gasteiger partial charge in [-0.15, -0.1) is 11.3 Å². The van der Waals surface area contributed by atoms with Gasteiger partial charge in [0.05, 0.1) is 16.1 Å². The van der Waals surface area contributed by atoms with Gasteiger partial charge in [0, 0.05) is 34.8 Å². The maximum absolute atomic E-state index is 12.5. The highest BCUT2D eigenvalue weighted by Crippen LogP contribution is 2.42. The number of carbonyl (C=O) groups is 2. The quantitative estimate of drug-likeness (QED) is 0.536. The smallest absolute Gasteiger partial charge is 0.264 e. The fraction of sp³-hybridized carbons (Fsp3) is 0.227. The van der Waals surface area contributed by atoms with E-state index in [4.69, 9.17) is 27.9 Å². The minimum Gasteiger partial charge on any atom is -0.482 e. The Kier molecular flexibility index (Phi) is 5.68. The van der Waals surface area contributed by atoms with Gasteiger partial charge in [-0.05, 0) is 43.7 Å². The molecule has 1 N–H and O–H groups in total. The first-order valence-electron chi connectivity index (χ1n) is 9.43. The lowest BCUT2D eigenvalue weighted by molar-refractivity contribution is -0.121. The minimum absolute atomic E-state index is 0.0608. The van der Waals surface area contributed by atoms with Crippen molar-refractivity contribution < 1.29 is 14.3 Å². The molecule has 0 bridgehead atoms. The van der Waals surface area contributed by atoms with E-state index in [1.807, 2.05) is 37.4 Å². The van der Waals surface area contributed by atoms with Crippen molar-refractivity contribution >= 4 is 57.2 Å². The summed E-state index contributed by atoms with van der Waals surface area (Å²) >= 11 is 13.3. The van der Waals surface area contributed by atoms with Crippen molar-refractivity contribution in [1.29, 1.82) is 0 Å². The predicted octanol–water partition coefficient (Wildman–Crippen LogP) is 5.39. The summed E-state index contributed by atoms with van der Waals surface area (Å²) < 4.78 is 5.45. The molecule has 4 rings (SSSR count). The number of anilines is 2. The molecule has 0 fully saturated rings. The van der Waals surface area contributed by atoms with Crippen molar-refractivity contribution in [2.75, 3.05) is 23.9 Å². The number of fused-ring (bicyclic) bond motifs is 1. The third-order valence-corrected chi connectivity index (χ3v) is 6.47. The zero-order chi connectivity index (χ0) is 22.3. The highest BCUT2D eigenvalue weighted by molar-refractivity contribution is 7.14. The standard InChI is InChI=1S/C22H19Cl2N3O3S/c1-22(2)14-8-12(4-7-17(14)27(3)20(22)29)16-11-31-21(25-16)26-19(28)10-30-18-9-13(23)5-6-15(18)24/h4-9,11H,10H2,1-3H3,(H,25,26,28). The van der Waals surface area contributed by atoms with Gasteiger partial charge in [-0.1, -0.05) is 29.3 Å². The van der Waals surface area contributed by atoms with E-state index in [0.717, 1.165) is 22.5 Å². The molecule has 160 valence electrons. The summed E-state index contributed by atoms with van der Waals surface area (Å²) in [6, 6.07) is 10.6. The summed E-state index contributed by atoms with van der Waals surface area (Å²) in [5.74, 6) is 0.0364. The SMILES string of the molecule is CN1C(=O)C(C)(C)c2cc(-c3csc(NC(=O)COc4cc(Cl)ccc4Cl)n3)ccc21. The molecule has 1 aliphatic rings. The lowest BCUT2D eigenvalue weighted by Crippen LogP contribution is -2.33. The van der Waals surface area contributed by atoms with Crippen LogP contribution in [0.2, 0.25) is 10.0 Å².